The second kappa shape index (κ2) is 6.27. The fourth-order valence-corrected chi connectivity index (χ4v) is 2.56. The van der Waals surface area contributed by atoms with Crippen LogP contribution in [0, 0.1) is 5.92 Å². The average molecular weight is 282 g/mol. The van der Waals surface area contributed by atoms with Gasteiger partial charge in [0.25, 0.3) is 0 Å². The average Bonchev–Trinajstić information content (AvgIpc) is 3.31. The van der Waals surface area contributed by atoms with Crippen LogP contribution in [0.4, 0.5) is 0 Å². The Morgan fingerprint density at radius 2 is 1.95 bits per heavy atom. The molecule has 1 saturated carbocycles. The molecule has 21 heavy (non-hydrogen) atoms. The van der Waals surface area contributed by atoms with Crippen molar-refractivity contribution in [3.8, 4) is 0 Å². The van der Waals surface area contributed by atoms with Gasteiger partial charge >= 0.3 is 0 Å². The third-order valence-corrected chi connectivity index (χ3v) is 4.07. The van der Waals surface area contributed by atoms with Gasteiger partial charge in [-0.3, -0.25) is 4.79 Å². The number of carbonyl (C=O) groups excluding carboxylic acids is 1. The monoisotopic (exact) mass is 282 g/mol. The van der Waals surface area contributed by atoms with E-state index in [2.05, 4.69) is 41.0 Å². The van der Waals surface area contributed by atoms with Crippen LogP contribution in [0.1, 0.15) is 31.4 Å². The zero-order chi connectivity index (χ0) is 14.7. The molecule has 3 nitrogen and oxygen atoms in total. The van der Waals surface area contributed by atoms with Gasteiger partial charge in [0.05, 0.1) is 12.6 Å². The van der Waals surface area contributed by atoms with Crippen molar-refractivity contribution in [1.82, 2.24) is 10.6 Å². The van der Waals surface area contributed by atoms with Gasteiger partial charge in [-0.05, 0) is 54.6 Å². The van der Waals surface area contributed by atoms with Gasteiger partial charge < -0.3 is 10.6 Å². The van der Waals surface area contributed by atoms with E-state index in [1.165, 1.54) is 23.6 Å². The zero-order valence-corrected chi connectivity index (χ0v) is 12.4. The molecule has 1 unspecified atom stereocenters. The summed E-state index contributed by atoms with van der Waals surface area (Å²) in [5, 5.41) is 8.71. The van der Waals surface area contributed by atoms with Gasteiger partial charge in [-0.1, -0.05) is 36.4 Å². The largest absolute Gasteiger partial charge is 0.348 e. The Labute approximate surface area is 125 Å². The van der Waals surface area contributed by atoms with Crippen molar-refractivity contribution < 1.29 is 4.79 Å². The molecule has 2 aromatic carbocycles. The highest BCUT2D eigenvalue weighted by Gasteiger charge is 2.20. The lowest BCUT2D eigenvalue weighted by molar-refractivity contribution is -0.120. The van der Waals surface area contributed by atoms with Crippen molar-refractivity contribution >= 4 is 16.7 Å². The van der Waals surface area contributed by atoms with Crippen LogP contribution >= 0.6 is 0 Å². The molecular weight excluding hydrogens is 260 g/mol. The quantitative estimate of drug-likeness (QED) is 0.855. The van der Waals surface area contributed by atoms with Crippen molar-refractivity contribution in [2.75, 3.05) is 13.1 Å². The Hall–Kier alpha value is -1.87. The van der Waals surface area contributed by atoms with Gasteiger partial charge in [0.15, 0.2) is 0 Å². The molecule has 1 atom stereocenters. The van der Waals surface area contributed by atoms with E-state index < -0.39 is 0 Å². The van der Waals surface area contributed by atoms with E-state index in [-0.39, 0.29) is 11.9 Å². The summed E-state index contributed by atoms with van der Waals surface area (Å²) in [6, 6.07) is 14.7. The normalized spacial score (nSPS) is 15.9. The fourth-order valence-electron chi connectivity index (χ4n) is 2.56. The Morgan fingerprint density at radius 1 is 1.19 bits per heavy atom. The number of fused-ring (bicyclic) bond motifs is 1. The fraction of sp³-hybridized carbons (Fsp3) is 0.389. The van der Waals surface area contributed by atoms with E-state index in [9.17, 15) is 4.79 Å². The van der Waals surface area contributed by atoms with Crippen molar-refractivity contribution in [2.24, 2.45) is 5.92 Å². The predicted octanol–water partition coefficient (Wildman–Crippen LogP) is 3.02. The molecule has 3 rings (SSSR count). The summed E-state index contributed by atoms with van der Waals surface area (Å²) in [6.45, 7) is 3.41. The number of benzene rings is 2. The van der Waals surface area contributed by atoms with Gasteiger partial charge in [-0.15, -0.1) is 0 Å². The molecule has 0 aliphatic heterocycles. The van der Waals surface area contributed by atoms with Crippen LogP contribution in [0.2, 0.25) is 0 Å². The van der Waals surface area contributed by atoms with Gasteiger partial charge in [-0.25, -0.2) is 0 Å². The smallest absolute Gasteiger partial charge is 0.234 e. The van der Waals surface area contributed by atoms with Crippen LogP contribution in [0.15, 0.2) is 42.5 Å². The minimum Gasteiger partial charge on any atom is -0.348 e. The van der Waals surface area contributed by atoms with Crippen LogP contribution in [-0.2, 0) is 4.79 Å². The third kappa shape index (κ3) is 3.82. The summed E-state index contributed by atoms with van der Waals surface area (Å²) in [5.74, 6) is 0.868. The molecule has 0 spiro atoms. The number of carbonyl (C=O) groups is 1. The summed E-state index contributed by atoms with van der Waals surface area (Å²) < 4.78 is 0. The number of hydrogen-bond acceptors (Lipinski definition) is 2. The van der Waals surface area contributed by atoms with Crippen LogP contribution in [0.5, 0.6) is 0 Å². The maximum Gasteiger partial charge on any atom is 0.234 e. The number of nitrogens with one attached hydrogen (secondary N) is 2. The Kier molecular flexibility index (Phi) is 4.20. The zero-order valence-electron chi connectivity index (χ0n) is 12.4. The maximum atomic E-state index is 11.9. The molecule has 0 radical (unpaired) electrons. The molecule has 0 heterocycles. The Morgan fingerprint density at radius 3 is 2.71 bits per heavy atom. The van der Waals surface area contributed by atoms with E-state index in [0.29, 0.717) is 6.54 Å². The molecular formula is C18H22N2O. The van der Waals surface area contributed by atoms with E-state index in [0.717, 1.165) is 18.0 Å². The molecule has 1 fully saturated rings. The van der Waals surface area contributed by atoms with Crippen LogP contribution in [0.25, 0.3) is 10.8 Å². The molecule has 0 saturated heterocycles. The minimum absolute atomic E-state index is 0.0323. The molecule has 1 amide bonds. The first-order valence-corrected chi connectivity index (χ1v) is 7.71. The molecule has 2 aromatic rings. The number of hydrogen-bond donors (Lipinski definition) is 2. The van der Waals surface area contributed by atoms with Crippen LogP contribution in [-0.4, -0.2) is 19.0 Å². The van der Waals surface area contributed by atoms with Crippen LogP contribution < -0.4 is 10.6 Å². The Bertz CT molecular complexity index is 634. The van der Waals surface area contributed by atoms with E-state index >= 15 is 0 Å². The van der Waals surface area contributed by atoms with Gasteiger partial charge in [0.2, 0.25) is 5.91 Å². The number of rotatable bonds is 6. The molecule has 110 valence electrons. The highest BCUT2D eigenvalue weighted by molar-refractivity contribution is 5.83. The molecule has 3 heteroatoms. The lowest BCUT2D eigenvalue weighted by Crippen LogP contribution is -2.36. The van der Waals surface area contributed by atoms with Crippen LogP contribution in [0.3, 0.4) is 0 Å². The molecule has 1 aliphatic rings. The van der Waals surface area contributed by atoms with Gasteiger partial charge in [0.1, 0.15) is 0 Å². The lowest BCUT2D eigenvalue weighted by atomic mass is 10.0. The second-order valence-electron chi connectivity index (χ2n) is 5.97. The first-order chi connectivity index (χ1) is 10.2. The standard InChI is InChI=1S/C18H22N2O/c1-13(20-18(21)12-19-11-14-6-7-14)16-9-8-15-4-2-3-5-17(15)10-16/h2-5,8-10,13-14,19H,6-7,11-12H2,1H3,(H,20,21). The third-order valence-electron chi connectivity index (χ3n) is 4.07. The molecule has 1 aliphatic carbocycles. The highest BCUT2D eigenvalue weighted by atomic mass is 16.1. The van der Waals surface area contributed by atoms with Gasteiger partial charge in [-0.2, -0.15) is 0 Å². The predicted molar refractivity (Wildman–Crippen MR) is 86.1 cm³/mol. The maximum absolute atomic E-state index is 11.9. The van der Waals surface area contributed by atoms with Crippen molar-refractivity contribution in [1.29, 1.82) is 0 Å². The summed E-state index contributed by atoms with van der Waals surface area (Å²) >= 11 is 0. The molecule has 0 bridgehead atoms. The Balaban J connectivity index is 1.57. The first-order valence-electron chi connectivity index (χ1n) is 7.71. The lowest BCUT2D eigenvalue weighted by Gasteiger charge is -2.15. The second-order valence-corrected chi connectivity index (χ2v) is 5.97. The number of amides is 1. The van der Waals surface area contributed by atoms with E-state index in [1.54, 1.807) is 0 Å². The summed E-state index contributed by atoms with van der Waals surface area (Å²) in [5.41, 5.74) is 1.14. The topological polar surface area (TPSA) is 41.1 Å². The van der Waals surface area contributed by atoms with E-state index in [4.69, 9.17) is 0 Å². The van der Waals surface area contributed by atoms with E-state index in [1.807, 2.05) is 19.1 Å². The van der Waals surface area contributed by atoms with Gasteiger partial charge in [0, 0.05) is 0 Å². The molecule has 0 aromatic heterocycles. The summed E-state index contributed by atoms with van der Waals surface area (Å²) in [7, 11) is 0. The van der Waals surface area contributed by atoms with Crippen molar-refractivity contribution in [2.45, 2.75) is 25.8 Å². The highest BCUT2D eigenvalue weighted by Crippen LogP contribution is 2.27. The SMILES string of the molecule is CC(NC(=O)CNCC1CC1)c1ccc2ccccc2c1. The minimum atomic E-state index is 0.0323. The first kappa shape index (κ1) is 14.1. The molecule has 2 N–H and O–H groups in total. The van der Waals surface area contributed by atoms with Crippen molar-refractivity contribution in [3.63, 3.8) is 0 Å². The summed E-state index contributed by atoms with van der Waals surface area (Å²) in [6.07, 6.45) is 2.62. The van der Waals surface area contributed by atoms with Crippen molar-refractivity contribution in [3.05, 3.63) is 48.0 Å². The summed E-state index contributed by atoms with van der Waals surface area (Å²) in [4.78, 5) is 11.9.